The fraction of sp³-hybridized carbons (Fsp3) is 0.238. The molecule has 3 heterocycles. The largest absolute Gasteiger partial charge is 0.484 e. The number of aromatic nitrogens is 3. The van der Waals surface area contributed by atoms with E-state index >= 15 is 0 Å². The van der Waals surface area contributed by atoms with Crippen LogP contribution in [0.25, 0.3) is 11.3 Å². The predicted octanol–water partition coefficient (Wildman–Crippen LogP) is 2.08. The summed E-state index contributed by atoms with van der Waals surface area (Å²) in [6.45, 7) is 2.82. The van der Waals surface area contributed by atoms with E-state index in [2.05, 4.69) is 10.1 Å². The average Bonchev–Trinajstić information content (AvgIpc) is 2.68. The van der Waals surface area contributed by atoms with E-state index in [0.717, 1.165) is 11.1 Å². The normalized spacial score (nSPS) is 13.8. The van der Waals surface area contributed by atoms with Crippen molar-refractivity contribution < 1.29 is 9.53 Å². The number of hydrogen-bond acceptors (Lipinski definition) is 5. The first kappa shape index (κ1) is 17.9. The average molecular weight is 376 g/mol. The molecule has 0 radical (unpaired) electrons. The highest BCUT2D eigenvalue weighted by Crippen LogP contribution is 2.22. The number of benzene rings is 1. The first-order valence-corrected chi connectivity index (χ1v) is 9.08. The molecule has 4 rings (SSSR count). The molecule has 7 nitrogen and oxygen atoms in total. The van der Waals surface area contributed by atoms with Crippen LogP contribution >= 0.6 is 0 Å². The summed E-state index contributed by atoms with van der Waals surface area (Å²) in [4.78, 5) is 30.2. The van der Waals surface area contributed by atoms with Gasteiger partial charge in [0.2, 0.25) is 0 Å². The number of pyridine rings is 1. The zero-order valence-corrected chi connectivity index (χ0v) is 15.5. The molecular weight excluding hydrogens is 356 g/mol. The van der Waals surface area contributed by atoms with E-state index in [9.17, 15) is 9.59 Å². The third-order valence-electron chi connectivity index (χ3n) is 4.81. The van der Waals surface area contributed by atoms with Crippen LogP contribution in [0.4, 0.5) is 0 Å². The third kappa shape index (κ3) is 3.64. The van der Waals surface area contributed by atoms with E-state index < -0.39 is 0 Å². The van der Waals surface area contributed by atoms with Crippen molar-refractivity contribution in [3.05, 3.63) is 76.8 Å². The van der Waals surface area contributed by atoms with Gasteiger partial charge in [-0.3, -0.25) is 14.6 Å². The Kier molecular flexibility index (Phi) is 4.89. The fourth-order valence-electron chi connectivity index (χ4n) is 3.13. The highest BCUT2D eigenvalue weighted by Gasteiger charge is 2.33. The highest BCUT2D eigenvalue weighted by molar-refractivity contribution is 5.78. The molecular formula is C21H20N4O3. The molecule has 1 aliphatic heterocycles. The minimum absolute atomic E-state index is 0.0169. The van der Waals surface area contributed by atoms with Crippen LogP contribution < -0.4 is 10.3 Å². The van der Waals surface area contributed by atoms with E-state index in [4.69, 9.17) is 4.74 Å². The minimum Gasteiger partial charge on any atom is -0.484 e. The number of para-hydroxylation sites is 1. The van der Waals surface area contributed by atoms with Gasteiger partial charge in [-0.1, -0.05) is 18.2 Å². The SMILES string of the molecule is Cc1ccccc1OCC(=O)N1CC(n2nc(-c3ccncc3)ccc2=O)C1. The molecule has 7 heteroatoms. The molecule has 0 saturated carbocycles. The summed E-state index contributed by atoms with van der Waals surface area (Å²) in [5.74, 6) is 0.605. The molecule has 1 aliphatic rings. The lowest BCUT2D eigenvalue weighted by atomic mass is 10.1. The van der Waals surface area contributed by atoms with Crippen LogP contribution in [0.1, 0.15) is 11.6 Å². The maximum Gasteiger partial charge on any atom is 0.267 e. The number of ether oxygens (including phenoxy) is 1. The lowest BCUT2D eigenvalue weighted by molar-refractivity contribution is -0.139. The smallest absolute Gasteiger partial charge is 0.267 e. The minimum atomic E-state index is -0.175. The van der Waals surface area contributed by atoms with Crippen LogP contribution in [0.15, 0.2) is 65.7 Å². The van der Waals surface area contributed by atoms with Crippen LogP contribution in [0.3, 0.4) is 0 Å². The van der Waals surface area contributed by atoms with Gasteiger partial charge in [0.25, 0.3) is 11.5 Å². The lowest BCUT2D eigenvalue weighted by Gasteiger charge is -2.39. The number of rotatable bonds is 5. The first-order valence-electron chi connectivity index (χ1n) is 9.08. The molecule has 1 amide bonds. The van der Waals surface area contributed by atoms with Gasteiger partial charge in [-0.05, 0) is 36.8 Å². The predicted molar refractivity (Wildman–Crippen MR) is 104 cm³/mol. The Balaban J connectivity index is 1.39. The second-order valence-electron chi connectivity index (χ2n) is 6.74. The maximum atomic E-state index is 12.3. The van der Waals surface area contributed by atoms with Gasteiger partial charge < -0.3 is 9.64 Å². The number of nitrogens with zero attached hydrogens (tertiary/aromatic N) is 4. The van der Waals surface area contributed by atoms with Crippen molar-refractivity contribution in [3.63, 3.8) is 0 Å². The van der Waals surface area contributed by atoms with Gasteiger partial charge in [0.15, 0.2) is 6.61 Å². The van der Waals surface area contributed by atoms with Crippen LogP contribution in [-0.4, -0.2) is 45.3 Å². The summed E-state index contributed by atoms with van der Waals surface area (Å²) in [6.07, 6.45) is 3.37. The van der Waals surface area contributed by atoms with Crippen LogP contribution in [0.5, 0.6) is 5.75 Å². The topological polar surface area (TPSA) is 77.3 Å². The molecule has 0 aliphatic carbocycles. The zero-order chi connectivity index (χ0) is 19.5. The number of hydrogen-bond donors (Lipinski definition) is 0. The van der Waals surface area contributed by atoms with E-state index in [0.29, 0.717) is 24.5 Å². The Morgan fingerprint density at radius 3 is 2.61 bits per heavy atom. The molecule has 0 spiro atoms. The van der Waals surface area contributed by atoms with Crippen molar-refractivity contribution >= 4 is 5.91 Å². The summed E-state index contributed by atoms with van der Waals surface area (Å²) < 4.78 is 7.08. The van der Waals surface area contributed by atoms with Gasteiger partial charge in [-0.2, -0.15) is 5.10 Å². The number of carbonyl (C=O) groups is 1. The highest BCUT2D eigenvalue weighted by atomic mass is 16.5. The van der Waals surface area contributed by atoms with Crippen molar-refractivity contribution in [2.45, 2.75) is 13.0 Å². The van der Waals surface area contributed by atoms with Gasteiger partial charge >= 0.3 is 0 Å². The number of amides is 1. The van der Waals surface area contributed by atoms with Crippen molar-refractivity contribution in [2.24, 2.45) is 0 Å². The van der Waals surface area contributed by atoms with Crippen LogP contribution in [-0.2, 0) is 4.79 Å². The van der Waals surface area contributed by atoms with Gasteiger partial charge in [0, 0.05) is 37.1 Å². The van der Waals surface area contributed by atoms with Crippen LogP contribution in [0.2, 0.25) is 0 Å². The van der Waals surface area contributed by atoms with Crippen LogP contribution in [0, 0.1) is 6.92 Å². The molecule has 0 bridgehead atoms. The third-order valence-corrected chi connectivity index (χ3v) is 4.81. The van der Waals surface area contributed by atoms with E-state index in [1.54, 1.807) is 23.4 Å². The van der Waals surface area contributed by atoms with Crippen molar-refractivity contribution in [1.29, 1.82) is 0 Å². The monoisotopic (exact) mass is 376 g/mol. The van der Waals surface area contributed by atoms with Crippen molar-refractivity contribution in [1.82, 2.24) is 19.7 Å². The Morgan fingerprint density at radius 1 is 1.11 bits per heavy atom. The van der Waals surface area contributed by atoms with Gasteiger partial charge in [0.05, 0.1) is 11.7 Å². The van der Waals surface area contributed by atoms with Gasteiger partial charge in [-0.25, -0.2) is 4.68 Å². The Bertz CT molecular complexity index is 1040. The summed E-state index contributed by atoms with van der Waals surface area (Å²) in [7, 11) is 0. The molecule has 1 saturated heterocycles. The molecule has 28 heavy (non-hydrogen) atoms. The van der Waals surface area contributed by atoms with Gasteiger partial charge in [-0.15, -0.1) is 0 Å². The van der Waals surface area contributed by atoms with E-state index in [-0.39, 0.29) is 24.1 Å². The lowest BCUT2D eigenvalue weighted by Crippen LogP contribution is -2.54. The van der Waals surface area contributed by atoms with E-state index in [1.807, 2.05) is 43.3 Å². The maximum absolute atomic E-state index is 12.3. The number of aryl methyl sites for hydroxylation is 1. The number of likely N-dealkylation sites (tertiary alicyclic amines) is 1. The van der Waals surface area contributed by atoms with E-state index in [1.165, 1.54) is 10.7 Å². The first-order chi connectivity index (χ1) is 13.6. The molecule has 0 N–H and O–H groups in total. The fourth-order valence-corrected chi connectivity index (χ4v) is 3.13. The second-order valence-corrected chi connectivity index (χ2v) is 6.74. The summed E-state index contributed by atoms with van der Waals surface area (Å²) in [5, 5.41) is 4.47. The molecule has 3 aromatic rings. The summed E-state index contributed by atoms with van der Waals surface area (Å²) in [5.41, 5.74) is 2.41. The molecule has 1 aromatic carbocycles. The quantitative estimate of drug-likeness (QED) is 0.681. The Morgan fingerprint density at radius 2 is 1.86 bits per heavy atom. The zero-order valence-electron chi connectivity index (χ0n) is 15.5. The Hall–Kier alpha value is -3.48. The summed E-state index contributed by atoms with van der Waals surface area (Å²) in [6, 6.07) is 14.3. The Labute approximate surface area is 162 Å². The molecule has 2 aromatic heterocycles. The standard InChI is InChI=1S/C21H20N4O3/c1-15-4-2-3-5-19(15)28-14-21(27)24-12-17(13-24)25-20(26)7-6-18(23-25)16-8-10-22-11-9-16/h2-11,17H,12-14H2,1H3. The van der Waals surface area contributed by atoms with Gasteiger partial charge in [0.1, 0.15) is 5.75 Å². The molecule has 0 atom stereocenters. The molecule has 142 valence electrons. The molecule has 0 unspecified atom stereocenters. The van der Waals surface area contributed by atoms with Crippen molar-refractivity contribution in [2.75, 3.05) is 19.7 Å². The molecule has 1 fully saturated rings. The second kappa shape index (κ2) is 7.64. The summed E-state index contributed by atoms with van der Waals surface area (Å²) >= 11 is 0. The number of carbonyl (C=O) groups excluding carboxylic acids is 1. The van der Waals surface area contributed by atoms with Crippen molar-refractivity contribution in [3.8, 4) is 17.0 Å².